The molecule has 1 aliphatic heterocycles. The summed E-state index contributed by atoms with van der Waals surface area (Å²) in [6.07, 6.45) is 7.15. The van der Waals surface area contributed by atoms with E-state index in [0.29, 0.717) is 6.04 Å². The first-order chi connectivity index (χ1) is 7.16. The van der Waals surface area contributed by atoms with Crippen LogP contribution in [0.3, 0.4) is 0 Å². The van der Waals surface area contributed by atoms with E-state index in [1.165, 1.54) is 32.1 Å². The van der Waals surface area contributed by atoms with Crippen LogP contribution < -0.4 is 5.73 Å². The van der Waals surface area contributed by atoms with Crippen LogP contribution in [0.4, 0.5) is 0 Å². The van der Waals surface area contributed by atoms with Crippen LogP contribution >= 0.6 is 0 Å². The molecule has 2 fully saturated rings. The lowest BCUT2D eigenvalue weighted by atomic mass is 9.89. The topological polar surface area (TPSA) is 29.3 Å². The highest BCUT2D eigenvalue weighted by Crippen LogP contribution is 2.31. The Labute approximate surface area is 94.2 Å². The van der Waals surface area contributed by atoms with Gasteiger partial charge in [-0.25, -0.2) is 0 Å². The van der Waals surface area contributed by atoms with Crippen molar-refractivity contribution in [2.75, 3.05) is 13.1 Å². The van der Waals surface area contributed by atoms with Crippen LogP contribution in [0.5, 0.6) is 0 Å². The molecule has 15 heavy (non-hydrogen) atoms. The van der Waals surface area contributed by atoms with Gasteiger partial charge in [0.05, 0.1) is 0 Å². The Balaban J connectivity index is 1.79. The molecule has 2 aliphatic rings. The molecule has 88 valence electrons. The molecule has 2 N–H and O–H groups in total. The van der Waals surface area contributed by atoms with Crippen LogP contribution in [0.15, 0.2) is 0 Å². The van der Waals surface area contributed by atoms with Crippen molar-refractivity contribution < 1.29 is 0 Å². The Morgan fingerprint density at radius 1 is 1.07 bits per heavy atom. The van der Waals surface area contributed by atoms with E-state index < -0.39 is 0 Å². The van der Waals surface area contributed by atoms with Crippen LogP contribution in [-0.4, -0.2) is 30.1 Å². The van der Waals surface area contributed by atoms with Gasteiger partial charge < -0.3 is 5.73 Å². The Bertz CT molecular complexity index is 197. The molecule has 2 unspecified atom stereocenters. The third-order valence-corrected chi connectivity index (χ3v) is 4.38. The van der Waals surface area contributed by atoms with Gasteiger partial charge in [-0.15, -0.1) is 0 Å². The first kappa shape index (κ1) is 11.4. The molecule has 0 amide bonds. The lowest BCUT2D eigenvalue weighted by Crippen LogP contribution is -2.59. The van der Waals surface area contributed by atoms with E-state index in [-0.39, 0.29) is 0 Å². The van der Waals surface area contributed by atoms with Crippen LogP contribution in [0.1, 0.15) is 46.0 Å². The molecule has 2 heteroatoms. The second-order valence-corrected chi connectivity index (χ2v) is 5.88. The van der Waals surface area contributed by atoms with E-state index in [2.05, 4.69) is 18.7 Å². The Hall–Kier alpha value is -0.0800. The summed E-state index contributed by atoms with van der Waals surface area (Å²) in [5.74, 6) is 1.85. The fourth-order valence-electron chi connectivity index (χ4n) is 3.19. The largest absolute Gasteiger partial charge is 0.325 e. The zero-order valence-corrected chi connectivity index (χ0v) is 10.3. The summed E-state index contributed by atoms with van der Waals surface area (Å²) >= 11 is 0. The van der Waals surface area contributed by atoms with Crippen molar-refractivity contribution in [2.45, 2.75) is 58.0 Å². The number of rotatable bonds is 2. The fourth-order valence-corrected chi connectivity index (χ4v) is 3.19. The van der Waals surface area contributed by atoms with E-state index in [0.717, 1.165) is 31.0 Å². The van der Waals surface area contributed by atoms with Crippen LogP contribution in [0, 0.1) is 11.8 Å². The van der Waals surface area contributed by atoms with Gasteiger partial charge in [0.2, 0.25) is 0 Å². The van der Waals surface area contributed by atoms with E-state index in [4.69, 9.17) is 5.73 Å². The predicted octanol–water partition coefficient (Wildman–Crippen LogP) is 2.23. The summed E-state index contributed by atoms with van der Waals surface area (Å²) in [7, 11) is 0. The second kappa shape index (κ2) is 4.84. The molecule has 0 aromatic carbocycles. The average molecular weight is 210 g/mol. The molecule has 0 bridgehead atoms. The molecule has 0 spiro atoms. The van der Waals surface area contributed by atoms with Gasteiger partial charge >= 0.3 is 0 Å². The van der Waals surface area contributed by atoms with Crippen molar-refractivity contribution in [3.63, 3.8) is 0 Å². The van der Waals surface area contributed by atoms with Crippen molar-refractivity contribution >= 4 is 0 Å². The molecule has 1 saturated heterocycles. The quantitative estimate of drug-likeness (QED) is 0.708. The molecule has 2 atom stereocenters. The molecular formula is C13H26N2. The number of hydrogen-bond donors (Lipinski definition) is 1. The zero-order chi connectivity index (χ0) is 10.8. The minimum absolute atomic E-state index is 0.467. The summed E-state index contributed by atoms with van der Waals surface area (Å²) in [4.78, 5) is 2.60. The fraction of sp³-hybridized carbons (Fsp3) is 1.00. The minimum Gasteiger partial charge on any atom is -0.325 e. The Morgan fingerprint density at radius 3 is 2.40 bits per heavy atom. The average Bonchev–Trinajstić information content (AvgIpc) is 2.37. The third-order valence-electron chi connectivity index (χ3n) is 4.38. The van der Waals surface area contributed by atoms with Gasteiger partial charge in [-0.1, -0.05) is 26.7 Å². The molecule has 1 saturated carbocycles. The standard InChI is InChI=1S/C13H26N2/c1-10(2)11-4-3-5-13(7-6-11)15-8-12(14)9-15/h10-13H,3-9,14H2,1-2H3. The van der Waals surface area contributed by atoms with Crippen molar-refractivity contribution in [3.05, 3.63) is 0 Å². The summed E-state index contributed by atoms with van der Waals surface area (Å²) < 4.78 is 0. The first-order valence-corrected chi connectivity index (χ1v) is 6.66. The number of nitrogens with two attached hydrogens (primary N) is 1. The van der Waals surface area contributed by atoms with Crippen molar-refractivity contribution in [3.8, 4) is 0 Å². The van der Waals surface area contributed by atoms with E-state index in [9.17, 15) is 0 Å². The Kier molecular flexibility index (Phi) is 3.68. The number of hydrogen-bond acceptors (Lipinski definition) is 2. The Morgan fingerprint density at radius 2 is 1.80 bits per heavy atom. The second-order valence-electron chi connectivity index (χ2n) is 5.88. The lowest BCUT2D eigenvalue weighted by Gasteiger charge is -2.42. The molecule has 0 aromatic heterocycles. The minimum atomic E-state index is 0.467. The molecule has 2 rings (SSSR count). The smallest absolute Gasteiger partial charge is 0.0297 e. The SMILES string of the molecule is CC(C)C1CCCC(N2CC(N)C2)CC1. The number of likely N-dealkylation sites (tertiary alicyclic amines) is 1. The zero-order valence-electron chi connectivity index (χ0n) is 10.3. The molecule has 0 radical (unpaired) electrons. The monoisotopic (exact) mass is 210 g/mol. The molecule has 1 heterocycles. The highest BCUT2D eigenvalue weighted by molar-refractivity contribution is 4.89. The van der Waals surface area contributed by atoms with Crippen LogP contribution in [0.25, 0.3) is 0 Å². The van der Waals surface area contributed by atoms with Gasteiger partial charge in [-0.05, 0) is 31.1 Å². The maximum atomic E-state index is 5.85. The molecule has 0 aromatic rings. The van der Waals surface area contributed by atoms with Gasteiger partial charge in [0.25, 0.3) is 0 Å². The van der Waals surface area contributed by atoms with E-state index in [1.54, 1.807) is 0 Å². The molecular weight excluding hydrogens is 184 g/mol. The van der Waals surface area contributed by atoms with Crippen molar-refractivity contribution in [2.24, 2.45) is 17.6 Å². The highest BCUT2D eigenvalue weighted by atomic mass is 15.2. The maximum Gasteiger partial charge on any atom is 0.0297 e. The van der Waals surface area contributed by atoms with Crippen molar-refractivity contribution in [1.29, 1.82) is 0 Å². The summed E-state index contributed by atoms with van der Waals surface area (Å²) in [6, 6.07) is 1.32. The van der Waals surface area contributed by atoms with Gasteiger partial charge in [0, 0.05) is 25.2 Å². The highest BCUT2D eigenvalue weighted by Gasteiger charge is 2.31. The van der Waals surface area contributed by atoms with Gasteiger partial charge in [-0.3, -0.25) is 4.90 Å². The molecule has 2 nitrogen and oxygen atoms in total. The van der Waals surface area contributed by atoms with Crippen LogP contribution in [-0.2, 0) is 0 Å². The van der Waals surface area contributed by atoms with Gasteiger partial charge in [-0.2, -0.15) is 0 Å². The summed E-state index contributed by atoms with van der Waals surface area (Å²) in [6.45, 7) is 7.06. The predicted molar refractivity (Wildman–Crippen MR) is 64.7 cm³/mol. The first-order valence-electron chi connectivity index (χ1n) is 6.66. The van der Waals surface area contributed by atoms with Gasteiger partial charge in [0.15, 0.2) is 0 Å². The lowest BCUT2D eigenvalue weighted by molar-refractivity contribution is 0.0835. The summed E-state index contributed by atoms with van der Waals surface area (Å²) in [5.41, 5.74) is 5.85. The third kappa shape index (κ3) is 2.73. The van der Waals surface area contributed by atoms with Crippen LogP contribution in [0.2, 0.25) is 0 Å². The number of nitrogens with zero attached hydrogens (tertiary/aromatic N) is 1. The van der Waals surface area contributed by atoms with E-state index in [1.807, 2.05) is 0 Å². The maximum absolute atomic E-state index is 5.85. The summed E-state index contributed by atoms with van der Waals surface area (Å²) in [5, 5.41) is 0. The molecule has 1 aliphatic carbocycles. The van der Waals surface area contributed by atoms with E-state index >= 15 is 0 Å². The van der Waals surface area contributed by atoms with Gasteiger partial charge in [0.1, 0.15) is 0 Å². The normalized spacial score (nSPS) is 35.2. The van der Waals surface area contributed by atoms with Crippen molar-refractivity contribution in [1.82, 2.24) is 4.90 Å².